The predicted octanol–water partition coefficient (Wildman–Crippen LogP) is 0.658. The monoisotopic (exact) mass is 252 g/mol. The average molecular weight is 252 g/mol. The first-order valence-electron chi connectivity index (χ1n) is 4.20. The molecule has 76 valence electrons. The van der Waals surface area contributed by atoms with Crippen LogP contribution in [0.3, 0.4) is 0 Å². The molecule has 7 heteroatoms. The Morgan fingerprint density at radius 1 is 0.857 bits per heavy atom. The molecule has 0 heterocycles. The first kappa shape index (κ1) is 21.2. The summed E-state index contributed by atoms with van der Waals surface area (Å²) in [6.45, 7) is 12.6. The Morgan fingerprint density at radius 2 is 1.07 bits per heavy atom. The van der Waals surface area contributed by atoms with E-state index in [4.69, 9.17) is 0 Å². The summed E-state index contributed by atoms with van der Waals surface area (Å²) in [5.74, 6) is 0. The van der Waals surface area contributed by atoms with Gasteiger partial charge in [0.25, 0.3) is 6.03 Å². The van der Waals surface area contributed by atoms with Crippen molar-refractivity contribution in [2.75, 3.05) is 0 Å². The van der Waals surface area contributed by atoms with Crippen LogP contribution in [-0.4, -0.2) is 92.7 Å². The van der Waals surface area contributed by atoms with E-state index in [1.165, 1.54) is 0 Å². The third-order valence-corrected chi connectivity index (χ3v) is 2.93. The molecule has 0 atom stereocenters. The van der Waals surface area contributed by atoms with Crippen molar-refractivity contribution in [2.24, 2.45) is 0 Å². The Bertz CT molecular complexity index is 162. The Balaban J connectivity index is -0.000000605. The van der Waals surface area contributed by atoms with E-state index in [1.807, 2.05) is 0 Å². The second-order valence-electron chi connectivity index (χ2n) is 5.08. The van der Waals surface area contributed by atoms with Crippen LogP contribution in [0.1, 0.15) is 0 Å². The van der Waals surface area contributed by atoms with Crippen LogP contribution >= 0.6 is 0 Å². The molecule has 0 radical (unpaired) electrons. The molecule has 0 fully saturated rings. The number of carbonyl (C=O) groups is 1. The Morgan fingerprint density at radius 3 is 1.21 bits per heavy atom. The van der Waals surface area contributed by atoms with Crippen molar-refractivity contribution in [1.29, 1.82) is 0 Å². The van der Waals surface area contributed by atoms with Crippen molar-refractivity contribution in [3.63, 3.8) is 0 Å². The summed E-state index contributed by atoms with van der Waals surface area (Å²) in [7, 11) is -2.92. The number of amides is 2. The van der Waals surface area contributed by atoms with Gasteiger partial charge < -0.3 is 9.96 Å². The molecule has 0 rings (SSSR count). The number of hydrogen-bond acceptors (Lipinski definition) is 1. The fourth-order valence-corrected chi connectivity index (χ4v) is 2.32. The van der Waals surface area contributed by atoms with Crippen LogP contribution in [0, 0.1) is 0 Å². The number of nitrogens with one attached hydrogen (secondary N) is 2. The zero-order valence-corrected chi connectivity index (χ0v) is 10.9. The maximum absolute atomic E-state index is 11.3. The van der Waals surface area contributed by atoms with Gasteiger partial charge in [0.15, 0.2) is 0 Å². The summed E-state index contributed by atoms with van der Waals surface area (Å²) in [5, 5.41) is 0. The van der Waals surface area contributed by atoms with E-state index in [0.29, 0.717) is 0 Å². The summed E-state index contributed by atoms with van der Waals surface area (Å²) < 4.78 is 0. The summed E-state index contributed by atoms with van der Waals surface area (Å²) in [5.41, 5.74) is 0. The van der Waals surface area contributed by atoms with Gasteiger partial charge in [0.1, 0.15) is 16.5 Å². The SMILES string of the molecule is C[Si](C)(C)NC(=O)N[Si](C)(C)C.[KH].[LiH]. The van der Waals surface area contributed by atoms with Crippen LogP contribution in [0.2, 0.25) is 39.3 Å². The molecule has 0 saturated heterocycles. The minimum absolute atomic E-state index is 0. The first-order chi connectivity index (χ1) is 5.10. The minimum atomic E-state index is -1.46. The van der Waals surface area contributed by atoms with Gasteiger partial charge in [-0.1, -0.05) is 39.3 Å². The van der Waals surface area contributed by atoms with Crippen LogP contribution in [0.15, 0.2) is 0 Å². The Hall–Kier alpha value is 1.94. The normalized spacial score (nSPS) is 10.7. The fourth-order valence-electron chi connectivity index (χ4n) is 0.712. The molecule has 0 aromatic rings. The number of hydrogen-bond donors (Lipinski definition) is 2. The molecule has 0 aliphatic carbocycles. The zero-order valence-electron chi connectivity index (χ0n) is 8.91. The van der Waals surface area contributed by atoms with E-state index in [9.17, 15) is 4.79 Å². The maximum atomic E-state index is 11.3. The predicted molar refractivity (Wildman–Crippen MR) is 72.7 cm³/mol. The molecule has 3 nitrogen and oxygen atoms in total. The van der Waals surface area contributed by atoms with Gasteiger partial charge >= 0.3 is 70.2 Å². The van der Waals surface area contributed by atoms with E-state index in [-0.39, 0.29) is 76.3 Å². The van der Waals surface area contributed by atoms with E-state index >= 15 is 0 Å². The van der Waals surface area contributed by atoms with Crippen LogP contribution in [0.5, 0.6) is 0 Å². The Kier molecular flexibility index (Phi) is 12.3. The third-order valence-electron chi connectivity index (χ3n) is 0.977. The number of carbonyl (C=O) groups excluding carboxylic acids is 1. The van der Waals surface area contributed by atoms with Crippen molar-refractivity contribution < 1.29 is 4.79 Å². The molecule has 14 heavy (non-hydrogen) atoms. The van der Waals surface area contributed by atoms with Gasteiger partial charge in [-0.05, 0) is 0 Å². The van der Waals surface area contributed by atoms with E-state index in [2.05, 4.69) is 49.2 Å². The molecule has 2 amide bonds. The molecule has 0 aromatic heterocycles. The first-order valence-corrected chi connectivity index (χ1v) is 11.2. The molecule has 0 bridgehead atoms. The quantitative estimate of drug-likeness (QED) is 0.697. The number of urea groups is 1. The summed E-state index contributed by atoms with van der Waals surface area (Å²) >= 11 is 0. The number of rotatable bonds is 2. The van der Waals surface area contributed by atoms with Crippen molar-refractivity contribution in [3.8, 4) is 0 Å². The van der Waals surface area contributed by atoms with Crippen molar-refractivity contribution in [2.45, 2.75) is 39.3 Å². The fraction of sp³-hybridized carbons (Fsp3) is 0.857. The molecule has 2 N–H and O–H groups in total. The molecular formula is C7H22KLiN2OSi2. The van der Waals surface area contributed by atoms with E-state index < -0.39 is 16.5 Å². The second-order valence-corrected chi connectivity index (χ2v) is 14.6. The molecule has 0 aliphatic rings. The third kappa shape index (κ3) is 16.4. The van der Waals surface area contributed by atoms with Crippen LogP contribution < -0.4 is 9.96 Å². The molecule has 0 spiro atoms. The van der Waals surface area contributed by atoms with Gasteiger partial charge in [-0.15, -0.1) is 0 Å². The summed E-state index contributed by atoms with van der Waals surface area (Å²) in [6, 6.07) is 0.00772. The standard InChI is InChI=1S/C7H20N2OSi2.K.Li.2H/c1-11(2,3)8-7(10)9-12(4,5)6;;;;/h1-6H3,(H2,8,9,10);;;;. The molecule has 0 unspecified atom stereocenters. The topological polar surface area (TPSA) is 41.1 Å². The summed E-state index contributed by atoms with van der Waals surface area (Å²) in [4.78, 5) is 17.3. The van der Waals surface area contributed by atoms with E-state index in [0.717, 1.165) is 0 Å². The molecule has 0 aromatic carbocycles. The van der Waals surface area contributed by atoms with Gasteiger partial charge in [0.05, 0.1) is 0 Å². The Labute approximate surface area is 144 Å². The van der Waals surface area contributed by atoms with Crippen LogP contribution in [0.25, 0.3) is 0 Å². The van der Waals surface area contributed by atoms with Gasteiger partial charge in [0, 0.05) is 0 Å². The van der Waals surface area contributed by atoms with Crippen molar-refractivity contribution in [1.82, 2.24) is 9.96 Å². The van der Waals surface area contributed by atoms with Crippen molar-refractivity contribution in [3.05, 3.63) is 0 Å². The van der Waals surface area contributed by atoms with E-state index in [1.54, 1.807) is 0 Å². The molecule has 0 aliphatic heterocycles. The molecular weight excluding hydrogens is 230 g/mol. The average Bonchev–Trinajstić information content (AvgIpc) is 1.49. The zero-order chi connectivity index (χ0) is 9.99. The second kappa shape index (κ2) is 8.09. The van der Waals surface area contributed by atoms with Gasteiger partial charge in [-0.3, -0.25) is 4.79 Å². The van der Waals surface area contributed by atoms with Crippen molar-refractivity contribution >= 4 is 92.7 Å². The summed E-state index contributed by atoms with van der Waals surface area (Å²) in [6.07, 6.45) is 0. The van der Waals surface area contributed by atoms with Crippen LogP contribution in [0.4, 0.5) is 4.79 Å². The van der Waals surface area contributed by atoms with Gasteiger partial charge in [-0.2, -0.15) is 0 Å². The van der Waals surface area contributed by atoms with Gasteiger partial charge in [0.2, 0.25) is 0 Å². The van der Waals surface area contributed by atoms with Gasteiger partial charge in [-0.25, -0.2) is 0 Å². The van der Waals surface area contributed by atoms with Crippen LogP contribution in [-0.2, 0) is 0 Å². The molecule has 0 saturated carbocycles.